The van der Waals surface area contributed by atoms with E-state index in [1.54, 1.807) is 13.3 Å². The third kappa shape index (κ3) is 3.83. The van der Waals surface area contributed by atoms with Gasteiger partial charge in [-0.25, -0.2) is 14.8 Å². The predicted molar refractivity (Wildman–Crippen MR) is 106 cm³/mol. The molecule has 28 heavy (non-hydrogen) atoms. The lowest BCUT2D eigenvalue weighted by Crippen LogP contribution is -2.57. The first-order chi connectivity index (χ1) is 13.4. The van der Waals surface area contributed by atoms with Gasteiger partial charge in [-0.05, 0) is 38.2 Å². The number of hydrogen-bond donors (Lipinski definition) is 0. The summed E-state index contributed by atoms with van der Waals surface area (Å²) >= 11 is 0. The molecule has 1 spiro atoms. The molecule has 0 saturated carbocycles. The maximum absolute atomic E-state index is 13.4. The monoisotopic (exact) mass is 389 g/mol. The molecular formula is C20H31N5O3. The summed E-state index contributed by atoms with van der Waals surface area (Å²) in [6, 6.07) is 1.75. The minimum atomic E-state index is -0.729. The van der Waals surface area contributed by atoms with Crippen LogP contribution in [0.3, 0.4) is 0 Å². The Kier molecular flexibility index (Phi) is 6.17. The number of amides is 3. The van der Waals surface area contributed by atoms with Gasteiger partial charge in [-0.1, -0.05) is 13.8 Å². The van der Waals surface area contributed by atoms with Crippen LogP contribution in [0.15, 0.2) is 12.3 Å². The molecular weight excluding hydrogens is 358 g/mol. The van der Waals surface area contributed by atoms with Gasteiger partial charge in [0.2, 0.25) is 0 Å². The molecule has 2 saturated heterocycles. The van der Waals surface area contributed by atoms with Crippen molar-refractivity contribution in [2.75, 3.05) is 44.8 Å². The molecule has 0 aromatic carbocycles. The van der Waals surface area contributed by atoms with Gasteiger partial charge in [0.25, 0.3) is 5.91 Å². The zero-order chi connectivity index (χ0) is 20.3. The molecule has 154 valence electrons. The quantitative estimate of drug-likeness (QED) is 0.525. The maximum atomic E-state index is 13.4. The lowest BCUT2D eigenvalue weighted by molar-refractivity contribution is -0.134. The minimum Gasteiger partial charge on any atom is -0.385 e. The zero-order valence-electron chi connectivity index (χ0n) is 17.3. The Balaban J connectivity index is 1.79. The van der Waals surface area contributed by atoms with Crippen LogP contribution in [0, 0.1) is 12.8 Å². The fraction of sp³-hybridized carbons (Fsp3) is 0.700. The van der Waals surface area contributed by atoms with Gasteiger partial charge in [0.05, 0.1) is 0 Å². The summed E-state index contributed by atoms with van der Waals surface area (Å²) in [4.78, 5) is 40.5. The third-order valence-electron chi connectivity index (χ3n) is 5.58. The highest BCUT2D eigenvalue weighted by atomic mass is 16.5. The summed E-state index contributed by atoms with van der Waals surface area (Å²) in [6.07, 6.45) is 3.66. The first-order valence-electron chi connectivity index (χ1n) is 10.1. The van der Waals surface area contributed by atoms with Crippen LogP contribution in [0.4, 0.5) is 10.6 Å². The molecule has 1 aromatic heterocycles. The van der Waals surface area contributed by atoms with Crippen LogP contribution < -0.4 is 4.90 Å². The summed E-state index contributed by atoms with van der Waals surface area (Å²) in [5, 5.41) is 0. The van der Waals surface area contributed by atoms with Crippen molar-refractivity contribution in [3.63, 3.8) is 0 Å². The largest absolute Gasteiger partial charge is 0.385 e. The Hall–Kier alpha value is -2.22. The number of rotatable bonds is 7. The molecule has 8 nitrogen and oxygen atoms in total. The lowest BCUT2D eigenvalue weighted by Gasteiger charge is -2.43. The molecule has 3 heterocycles. The van der Waals surface area contributed by atoms with Crippen molar-refractivity contribution < 1.29 is 14.3 Å². The van der Waals surface area contributed by atoms with Crippen molar-refractivity contribution in [3.05, 3.63) is 18.1 Å². The first-order valence-corrected chi connectivity index (χ1v) is 10.1. The molecule has 3 rings (SSSR count). The number of anilines is 1. The van der Waals surface area contributed by atoms with E-state index in [2.05, 4.69) is 28.7 Å². The Bertz CT molecular complexity index is 716. The number of imide groups is 1. The second kappa shape index (κ2) is 8.43. The fourth-order valence-electron chi connectivity index (χ4n) is 4.17. The average molecular weight is 390 g/mol. The molecule has 0 atom stereocenters. The molecule has 0 N–H and O–H groups in total. The molecule has 8 heteroatoms. The van der Waals surface area contributed by atoms with Crippen LogP contribution in [-0.2, 0) is 9.53 Å². The zero-order valence-corrected chi connectivity index (χ0v) is 17.3. The first kappa shape index (κ1) is 20.5. The smallest absolute Gasteiger partial charge is 0.327 e. The van der Waals surface area contributed by atoms with Crippen LogP contribution in [0.5, 0.6) is 0 Å². The topological polar surface area (TPSA) is 78.9 Å². The molecule has 1 aromatic rings. The average Bonchev–Trinajstić information content (AvgIpc) is 2.85. The Morgan fingerprint density at radius 3 is 2.57 bits per heavy atom. The van der Waals surface area contributed by atoms with E-state index >= 15 is 0 Å². The van der Waals surface area contributed by atoms with Gasteiger partial charge in [0.15, 0.2) is 0 Å². The highest BCUT2D eigenvalue weighted by Gasteiger charge is 2.57. The molecule has 0 radical (unpaired) electrons. The standard InChI is InChI=1S/C20H31N5O3/c1-15(2)14-25-19(27)24(10-5-13-28-4)18(26)20(25)7-11-23(12-8-20)17-6-9-21-16(3)22-17/h6,9,15H,5,7-8,10-14H2,1-4H3. The molecule has 2 aliphatic heterocycles. The van der Waals surface area contributed by atoms with Gasteiger partial charge in [-0.15, -0.1) is 0 Å². The van der Waals surface area contributed by atoms with Gasteiger partial charge in [0.1, 0.15) is 17.2 Å². The molecule has 0 aliphatic carbocycles. The number of nitrogens with zero attached hydrogens (tertiary/aromatic N) is 5. The van der Waals surface area contributed by atoms with Crippen molar-refractivity contribution in [1.82, 2.24) is 19.8 Å². The molecule has 2 aliphatic rings. The summed E-state index contributed by atoms with van der Waals surface area (Å²) < 4.78 is 5.09. The van der Waals surface area contributed by atoms with Crippen molar-refractivity contribution in [3.8, 4) is 0 Å². The molecule has 2 fully saturated rings. The number of aromatic nitrogens is 2. The third-order valence-corrected chi connectivity index (χ3v) is 5.58. The van der Waals surface area contributed by atoms with Gasteiger partial charge < -0.3 is 14.5 Å². The number of carbonyl (C=O) groups excluding carboxylic acids is 2. The number of aryl methyl sites for hydroxylation is 1. The van der Waals surface area contributed by atoms with Crippen LogP contribution in [0.25, 0.3) is 0 Å². The molecule has 0 bridgehead atoms. The van der Waals surface area contributed by atoms with Crippen molar-refractivity contribution in [2.24, 2.45) is 5.92 Å². The highest BCUT2D eigenvalue weighted by molar-refractivity contribution is 6.07. The van der Waals surface area contributed by atoms with E-state index in [1.807, 2.05) is 17.9 Å². The van der Waals surface area contributed by atoms with Crippen LogP contribution in [-0.4, -0.2) is 77.1 Å². The molecule has 3 amide bonds. The maximum Gasteiger partial charge on any atom is 0.327 e. The van der Waals surface area contributed by atoms with E-state index in [0.717, 1.165) is 11.6 Å². The summed E-state index contributed by atoms with van der Waals surface area (Å²) in [7, 11) is 1.63. The van der Waals surface area contributed by atoms with Crippen LogP contribution >= 0.6 is 0 Å². The van der Waals surface area contributed by atoms with E-state index in [1.165, 1.54) is 4.90 Å². The Morgan fingerprint density at radius 1 is 1.25 bits per heavy atom. The lowest BCUT2D eigenvalue weighted by atomic mass is 9.85. The van der Waals surface area contributed by atoms with Gasteiger partial charge in [0, 0.05) is 46.1 Å². The van der Waals surface area contributed by atoms with E-state index in [4.69, 9.17) is 4.74 Å². The summed E-state index contributed by atoms with van der Waals surface area (Å²) in [6.45, 7) is 8.96. The Labute approximate surface area is 166 Å². The second-order valence-corrected chi connectivity index (χ2v) is 8.07. The van der Waals surface area contributed by atoms with Crippen molar-refractivity contribution >= 4 is 17.8 Å². The normalized spacial score (nSPS) is 19.4. The predicted octanol–water partition coefficient (Wildman–Crippen LogP) is 2.08. The van der Waals surface area contributed by atoms with Crippen molar-refractivity contribution in [2.45, 2.75) is 45.6 Å². The van der Waals surface area contributed by atoms with E-state index in [-0.39, 0.29) is 11.9 Å². The number of ether oxygens (including phenoxy) is 1. The van der Waals surface area contributed by atoms with Crippen LogP contribution in [0.2, 0.25) is 0 Å². The number of carbonyl (C=O) groups is 2. The van der Waals surface area contributed by atoms with Gasteiger partial charge in [-0.3, -0.25) is 9.69 Å². The fourth-order valence-corrected chi connectivity index (χ4v) is 4.17. The van der Waals surface area contributed by atoms with Crippen LogP contribution in [0.1, 0.15) is 38.9 Å². The van der Waals surface area contributed by atoms with E-state index < -0.39 is 5.54 Å². The number of hydrogen-bond acceptors (Lipinski definition) is 6. The minimum absolute atomic E-state index is 0.0484. The SMILES string of the molecule is COCCCN1C(=O)N(CC(C)C)C2(CCN(c3ccnc(C)n3)CC2)C1=O. The van der Waals surface area contributed by atoms with E-state index in [9.17, 15) is 9.59 Å². The number of methoxy groups -OCH3 is 1. The number of piperidine rings is 1. The highest BCUT2D eigenvalue weighted by Crippen LogP contribution is 2.38. The summed E-state index contributed by atoms with van der Waals surface area (Å²) in [5.41, 5.74) is -0.729. The second-order valence-electron chi connectivity index (χ2n) is 8.07. The number of urea groups is 1. The van der Waals surface area contributed by atoms with Gasteiger partial charge >= 0.3 is 6.03 Å². The van der Waals surface area contributed by atoms with Gasteiger partial charge in [-0.2, -0.15) is 0 Å². The Morgan fingerprint density at radius 2 is 1.96 bits per heavy atom. The van der Waals surface area contributed by atoms with Crippen molar-refractivity contribution in [1.29, 1.82) is 0 Å². The summed E-state index contributed by atoms with van der Waals surface area (Å²) in [5.74, 6) is 1.87. The van der Waals surface area contributed by atoms with E-state index in [0.29, 0.717) is 58.0 Å². The molecule has 0 unspecified atom stereocenters.